The number of nitrogens with one attached hydrogen (secondary N) is 3. The third-order valence-corrected chi connectivity index (χ3v) is 7.89. The molecular formula is C29H28N6O. The molecule has 1 spiro atoms. The Morgan fingerprint density at radius 3 is 1.81 bits per heavy atom. The van der Waals surface area contributed by atoms with Gasteiger partial charge in [0.25, 0.3) is 0 Å². The second-order valence-electron chi connectivity index (χ2n) is 9.79. The molecule has 3 N–H and O–H groups in total. The quantitative estimate of drug-likeness (QED) is 0.298. The number of rotatable bonds is 7. The number of carbonyl (C=O) groups excluding carboxylic acids is 1. The Bertz CT molecular complexity index is 1320. The van der Waals surface area contributed by atoms with Crippen LogP contribution in [0.4, 0.5) is 0 Å². The predicted octanol–water partition coefficient (Wildman–Crippen LogP) is 7.65. The third-order valence-electron chi connectivity index (χ3n) is 7.89. The highest BCUT2D eigenvalue weighted by atomic mass is 16.1. The first kappa shape index (κ1) is 23.6. The van der Waals surface area contributed by atoms with E-state index in [1.165, 1.54) is 0 Å². The standard InChI is InChI=1S/C29H28N6O/c30-33-25-24(23-9-5-2-6-10-23)29(27(36)26(25)34-31)17-15-28(35-32,16-18-29)19-20-11-13-22(14-12-20)21-7-3-1-4-8-21/h1-14,26,30-32H,15-19H2. The maximum absolute atomic E-state index is 13.6. The summed E-state index contributed by atoms with van der Waals surface area (Å²) >= 11 is 0. The van der Waals surface area contributed by atoms with Gasteiger partial charge in [-0.05, 0) is 59.9 Å². The van der Waals surface area contributed by atoms with Crippen molar-refractivity contribution in [2.45, 2.75) is 43.7 Å². The Kier molecular flexibility index (Phi) is 6.22. The van der Waals surface area contributed by atoms with Gasteiger partial charge in [-0.3, -0.25) is 4.79 Å². The van der Waals surface area contributed by atoms with Gasteiger partial charge >= 0.3 is 0 Å². The summed E-state index contributed by atoms with van der Waals surface area (Å²) < 4.78 is 0. The molecule has 1 unspecified atom stereocenters. The molecule has 1 atom stereocenters. The summed E-state index contributed by atoms with van der Waals surface area (Å²) in [6.45, 7) is 0. The molecular weight excluding hydrogens is 448 g/mol. The van der Waals surface area contributed by atoms with Crippen LogP contribution in [0.25, 0.3) is 16.7 Å². The molecule has 5 rings (SSSR count). The molecule has 0 aromatic heterocycles. The highest BCUT2D eigenvalue weighted by Crippen LogP contribution is 2.57. The Labute approximate surface area is 210 Å². The van der Waals surface area contributed by atoms with Gasteiger partial charge in [0.15, 0.2) is 11.8 Å². The molecule has 2 aliphatic rings. The molecule has 1 saturated carbocycles. The van der Waals surface area contributed by atoms with E-state index >= 15 is 0 Å². The summed E-state index contributed by atoms with van der Waals surface area (Å²) in [7, 11) is 0. The first-order chi connectivity index (χ1) is 17.6. The molecule has 36 heavy (non-hydrogen) atoms. The Morgan fingerprint density at radius 2 is 1.28 bits per heavy atom. The topological polar surface area (TPSA) is 126 Å². The molecule has 1 fully saturated rings. The minimum Gasteiger partial charge on any atom is -0.296 e. The van der Waals surface area contributed by atoms with Crippen molar-refractivity contribution in [1.82, 2.24) is 0 Å². The van der Waals surface area contributed by atoms with Crippen LogP contribution in [0.2, 0.25) is 0 Å². The van der Waals surface area contributed by atoms with Crippen LogP contribution in [-0.4, -0.2) is 17.4 Å². The summed E-state index contributed by atoms with van der Waals surface area (Å²) in [4.78, 5) is 13.6. The number of hydrogen-bond acceptors (Lipinski definition) is 7. The van der Waals surface area contributed by atoms with E-state index in [1.54, 1.807) is 0 Å². The lowest BCUT2D eigenvalue weighted by atomic mass is 9.61. The van der Waals surface area contributed by atoms with E-state index in [-0.39, 0.29) is 11.5 Å². The molecule has 3 aromatic rings. The zero-order valence-corrected chi connectivity index (χ0v) is 19.9. The Hall–Kier alpha value is -4.13. The maximum atomic E-state index is 13.6. The molecule has 3 aromatic carbocycles. The number of nitrogens with zero attached hydrogens (tertiary/aromatic N) is 3. The fourth-order valence-corrected chi connectivity index (χ4v) is 5.95. The fraction of sp³-hybridized carbons (Fsp3) is 0.276. The normalized spacial score (nSPS) is 25.7. The van der Waals surface area contributed by atoms with Gasteiger partial charge in [0, 0.05) is 0 Å². The van der Waals surface area contributed by atoms with Crippen LogP contribution in [-0.2, 0) is 11.2 Å². The van der Waals surface area contributed by atoms with Gasteiger partial charge in [-0.2, -0.15) is 15.3 Å². The summed E-state index contributed by atoms with van der Waals surface area (Å²) in [6, 6.07) is 27.1. The average Bonchev–Trinajstić information content (AvgIpc) is 3.18. The van der Waals surface area contributed by atoms with E-state index in [9.17, 15) is 4.79 Å². The maximum Gasteiger partial charge on any atom is 0.175 e. The van der Waals surface area contributed by atoms with E-state index in [0.29, 0.717) is 32.1 Å². The molecule has 2 aliphatic carbocycles. The van der Waals surface area contributed by atoms with Gasteiger partial charge < -0.3 is 0 Å². The number of hydrogen-bond donors (Lipinski definition) is 3. The second-order valence-corrected chi connectivity index (χ2v) is 9.79. The van der Waals surface area contributed by atoms with Crippen molar-refractivity contribution < 1.29 is 4.79 Å². The van der Waals surface area contributed by atoms with Crippen LogP contribution >= 0.6 is 0 Å². The SMILES string of the molecule is N=NC1=C(c2ccccc2)C2(CCC(Cc3ccc(-c4ccccc4)cc3)(N=N)CC2)C(=O)C1N=N. The van der Waals surface area contributed by atoms with Crippen molar-refractivity contribution in [1.29, 1.82) is 16.6 Å². The number of ketones is 1. The monoisotopic (exact) mass is 476 g/mol. The van der Waals surface area contributed by atoms with Crippen molar-refractivity contribution in [2.24, 2.45) is 20.8 Å². The molecule has 180 valence electrons. The van der Waals surface area contributed by atoms with Gasteiger partial charge in [-0.1, -0.05) is 84.9 Å². The summed E-state index contributed by atoms with van der Waals surface area (Å²) in [5.41, 5.74) is 27.3. The van der Waals surface area contributed by atoms with Gasteiger partial charge in [-0.15, -0.1) is 0 Å². The lowest BCUT2D eigenvalue weighted by Crippen LogP contribution is -2.43. The Morgan fingerprint density at radius 1 is 0.722 bits per heavy atom. The van der Waals surface area contributed by atoms with Crippen LogP contribution in [0, 0.1) is 22.0 Å². The first-order valence-corrected chi connectivity index (χ1v) is 12.2. The lowest BCUT2D eigenvalue weighted by Gasteiger charge is -2.42. The second kappa shape index (κ2) is 9.49. The first-order valence-electron chi connectivity index (χ1n) is 12.2. The summed E-state index contributed by atoms with van der Waals surface area (Å²) in [5, 5.41) is 11.4. The minimum absolute atomic E-state index is 0.159. The van der Waals surface area contributed by atoms with E-state index in [4.69, 9.17) is 16.6 Å². The van der Waals surface area contributed by atoms with E-state index in [2.05, 4.69) is 51.7 Å². The predicted molar refractivity (Wildman–Crippen MR) is 137 cm³/mol. The molecule has 7 heteroatoms. The number of Topliss-reactive ketones (excluding diaryl/α,β-unsaturated/α-hetero) is 1. The fourth-order valence-electron chi connectivity index (χ4n) is 5.95. The highest BCUT2D eigenvalue weighted by Gasteiger charge is 2.57. The van der Waals surface area contributed by atoms with Crippen LogP contribution in [0.3, 0.4) is 0 Å². The van der Waals surface area contributed by atoms with E-state index in [1.807, 2.05) is 48.5 Å². The average molecular weight is 477 g/mol. The summed E-state index contributed by atoms with van der Waals surface area (Å²) in [5.74, 6) is -0.159. The molecule has 0 amide bonds. The zero-order chi connectivity index (χ0) is 25.2. The molecule has 0 radical (unpaired) electrons. The van der Waals surface area contributed by atoms with E-state index < -0.39 is 17.0 Å². The Balaban J connectivity index is 1.42. The smallest absolute Gasteiger partial charge is 0.175 e. The van der Waals surface area contributed by atoms with Crippen molar-refractivity contribution in [2.75, 3.05) is 0 Å². The van der Waals surface area contributed by atoms with Crippen molar-refractivity contribution in [3.63, 3.8) is 0 Å². The van der Waals surface area contributed by atoms with Gasteiger partial charge in [-0.25, -0.2) is 16.6 Å². The van der Waals surface area contributed by atoms with Crippen LogP contribution in [0.15, 0.2) is 106 Å². The van der Waals surface area contributed by atoms with Crippen molar-refractivity contribution >= 4 is 11.4 Å². The van der Waals surface area contributed by atoms with Crippen LogP contribution in [0.1, 0.15) is 36.8 Å². The van der Waals surface area contributed by atoms with E-state index in [0.717, 1.165) is 27.8 Å². The van der Waals surface area contributed by atoms with Crippen molar-refractivity contribution in [3.8, 4) is 11.1 Å². The minimum atomic E-state index is -1.04. The van der Waals surface area contributed by atoms with Gasteiger partial charge in [0.05, 0.1) is 11.0 Å². The summed E-state index contributed by atoms with van der Waals surface area (Å²) in [6.07, 6.45) is 2.74. The number of benzene rings is 3. The van der Waals surface area contributed by atoms with Crippen LogP contribution in [0.5, 0.6) is 0 Å². The molecule has 0 bridgehead atoms. The van der Waals surface area contributed by atoms with Gasteiger partial charge in [0.2, 0.25) is 0 Å². The number of carbonyl (C=O) groups is 1. The largest absolute Gasteiger partial charge is 0.296 e. The number of allylic oxidation sites excluding steroid dienone is 1. The molecule has 0 saturated heterocycles. The van der Waals surface area contributed by atoms with Crippen LogP contribution < -0.4 is 0 Å². The lowest BCUT2D eigenvalue weighted by molar-refractivity contribution is -0.127. The molecule has 0 aliphatic heterocycles. The van der Waals surface area contributed by atoms with Crippen molar-refractivity contribution in [3.05, 3.63) is 102 Å². The third kappa shape index (κ3) is 3.90. The molecule has 7 nitrogen and oxygen atoms in total. The zero-order valence-electron chi connectivity index (χ0n) is 19.9. The highest BCUT2D eigenvalue weighted by molar-refractivity contribution is 6.09. The molecule has 0 heterocycles. The van der Waals surface area contributed by atoms with Gasteiger partial charge in [0.1, 0.15) is 5.70 Å².